The summed E-state index contributed by atoms with van der Waals surface area (Å²) in [4.78, 5) is 2.07. The van der Waals surface area contributed by atoms with Crippen LogP contribution in [0.2, 0.25) is 0 Å². The van der Waals surface area contributed by atoms with Crippen molar-refractivity contribution in [3.8, 4) is 0 Å². The number of piperazine rings is 1. The molecule has 2 rings (SSSR count). The Morgan fingerprint density at radius 2 is 1.71 bits per heavy atom. The van der Waals surface area contributed by atoms with Gasteiger partial charge in [-0.25, -0.2) is 16.8 Å². The van der Waals surface area contributed by atoms with E-state index in [1.54, 1.807) is 0 Å². The molecular weight excluding hydrogens is 264 g/mol. The Morgan fingerprint density at radius 1 is 1.12 bits per heavy atom. The SMILES string of the molecule is CN1CCN(S(=O)(=O)C2CCS(=O)(=O)C2)CC1. The largest absolute Gasteiger partial charge is 0.304 e. The normalized spacial score (nSPS) is 31.7. The molecule has 0 aromatic heterocycles. The Morgan fingerprint density at radius 3 is 2.18 bits per heavy atom. The molecule has 17 heavy (non-hydrogen) atoms. The first-order valence-electron chi connectivity index (χ1n) is 5.69. The lowest BCUT2D eigenvalue weighted by Crippen LogP contribution is -2.50. The van der Waals surface area contributed by atoms with Gasteiger partial charge >= 0.3 is 0 Å². The van der Waals surface area contributed by atoms with Gasteiger partial charge in [0.25, 0.3) is 0 Å². The maximum atomic E-state index is 12.2. The lowest BCUT2D eigenvalue weighted by Gasteiger charge is -2.33. The summed E-state index contributed by atoms with van der Waals surface area (Å²) in [5.41, 5.74) is 0. The first-order chi connectivity index (χ1) is 7.81. The number of likely N-dealkylation sites (N-methyl/N-ethyl adjacent to an activating group) is 1. The Bertz CT molecular complexity index is 477. The smallest absolute Gasteiger partial charge is 0.218 e. The van der Waals surface area contributed by atoms with Crippen molar-refractivity contribution in [1.82, 2.24) is 9.21 Å². The standard InChI is InChI=1S/C9H18N2O4S2/c1-10-3-5-11(6-4-10)17(14,15)9-2-7-16(12,13)8-9/h9H,2-8H2,1H3. The first-order valence-corrected chi connectivity index (χ1v) is 9.02. The van der Waals surface area contributed by atoms with Crippen molar-refractivity contribution < 1.29 is 16.8 Å². The van der Waals surface area contributed by atoms with Crippen LogP contribution in [0, 0.1) is 0 Å². The van der Waals surface area contributed by atoms with Crippen LogP contribution in [0.1, 0.15) is 6.42 Å². The number of hydrogen-bond donors (Lipinski definition) is 0. The molecule has 2 aliphatic rings. The first kappa shape index (κ1) is 13.3. The molecule has 100 valence electrons. The molecule has 0 aromatic carbocycles. The number of sulfonamides is 1. The molecule has 2 fully saturated rings. The summed E-state index contributed by atoms with van der Waals surface area (Å²) in [6.07, 6.45) is 0.247. The fourth-order valence-corrected chi connectivity index (χ4v) is 6.76. The van der Waals surface area contributed by atoms with Gasteiger partial charge in [-0.05, 0) is 13.5 Å². The summed E-state index contributed by atoms with van der Waals surface area (Å²) >= 11 is 0. The van der Waals surface area contributed by atoms with E-state index in [-0.39, 0.29) is 17.9 Å². The minimum atomic E-state index is -3.43. The predicted octanol–water partition coefficient (Wildman–Crippen LogP) is -1.25. The fourth-order valence-electron chi connectivity index (χ4n) is 2.25. The summed E-state index contributed by atoms with van der Waals surface area (Å²) in [6.45, 7) is 2.35. The van der Waals surface area contributed by atoms with Gasteiger partial charge in [0.05, 0.1) is 16.8 Å². The average Bonchev–Trinajstić information content (AvgIpc) is 2.60. The Kier molecular flexibility index (Phi) is 3.50. The number of nitrogens with zero attached hydrogens (tertiary/aromatic N) is 2. The maximum absolute atomic E-state index is 12.2. The Balaban J connectivity index is 2.09. The Hall–Kier alpha value is -0.180. The number of sulfone groups is 1. The van der Waals surface area contributed by atoms with Gasteiger partial charge in [-0.1, -0.05) is 0 Å². The second-order valence-corrected chi connectivity index (χ2v) is 9.21. The van der Waals surface area contributed by atoms with Crippen LogP contribution in [0.4, 0.5) is 0 Å². The van der Waals surface area contributed by atoms with E-state index in [1.807, 2.05) is 7.05 Å². The number of rotatable bonds is 2. The summed E-state index contributed by atoms with van der Waals surface area (Å²) < 4.78 is 48.6. The highest BCUT2D eigenvalue weighted by Crippen LogP contribution is 2.22. The van der Waals surface area contributed by atoms with Crippen LogP contribution in [0.15, 0.2) is 0 Å². The third-order valence-corrected chi connectivity index (χ3v) is 7.74. The molecule has 0 bridgehead atoms. The lowest BCUT2D eigenvalue weighted by atomic mass is 10.4. The minimum absolute atomic E-state index is 0.00460. The third kappa shape index (κ3) is 2.81. The van der Waals surface area contributed by atoms with Crippen molar-refractivity contribution in [3.63, 3.8) is 0 Å². The van der Waals surface area contributed by atoms with Gasteiger partial charge in [0.2, 0.25) is 10.0 Å². The molecule has 6 nitrogen and oxygen atoms in total. The molecule has 0 N–H and O–H groups in total. The van der Waals surface area contributed by atoms with Gasteiger partial charge in [0, 0.05) is 26.2 Å². The van der Waals surface area contributed by atoms with E-state index in [4.69, 9.17) is 0 Å². The topological polar surface area (TPSA) is 74.8 Å². The lowest BCUT2D eigenvalue weighted by molar-refractivity contribution is 0.221. The van der Waals surface area contributed by atoms with Gasteiger partial charge in [-0.2, -0.15) is 4.31 Å². The molecule has 0 saturated carbocycles. The molecule has 0 aliphatic carbocycles. The summed E-state index contributed by atoms with van der Waals surface area (Å²) in [5.74, 6) is -0.202. The van der Waals surface area contributed by atoms with E-state index >= 15 is 0 Å². The maximum Gasteiger partial charge on any atom is 0.218 e. The second kappa shape index (κ2) is 4.49. The van der Waals surface area contributed by atoms with E-state index in [1.165, 1.54) is 4.31 Å². The minimum Gasteiger partial charge on any atom is -0.304 e. The van der Waals surface area contributed by atoms with Crippen LogP contribution in [0.5, 0.6) is 0 Å². The molecule has 0 aromatic rings. The van der Waals surface area contributed by atoms with Crippen LogP contribution in [-0.4, -0.2) is 76.0 Å². The predicted molar refractivity (Wildman–Crippen MR) is 65.0 cm³/mol. The number of hydrogen-bond acceptors (Lipinski definition) is 5. The molecular formula is C9H18N2O4S2. The molecule has 8 heteroatoms. The molecule has 1 unspecified atom stereocenters. The van der Waals surface area contributed by atoms with Crippen LogP contribution in [-0.2, 0) is 19.9 Å². The highest BCUT2D eigenvalue weighted by atomic mass is 32.2. The molecule has 0 radical (unpaired) electrons. The van der Waals surface area contributed by atoms with Gasteiger partial charge < -0.3 is 4.90 Å². The van der Waals surface area contributed by atoms with Gasteiger partial charge in [0.15, 0.2) is 9.84 Å². The molecule has 2 saturated heterocycles. The molecule has 0 spiro atoms. The van der Waals surface area contributed by atoms with Crippen molar-refractivity contribution in [2.75, 3.05) is 44.7 Å². The van der Waals surface area contributed by atoms with Crippen molar-refractivity contribution in [2.24, 2.45) is 0 Å². The Labute approximate surface area is 103 Å². The van der Waals surface area contributed by atoms with Crippen LogP contribution in [0.25, 0.3) is 0 Å². The summed E-state index contributed by atoms with van der Waals surface area (Å²) in [7, 11) is -4.62. The summed E-state index contributed by atoms with van der Waals surface area (Å²) in [5, 5.41) is -0.726. The van der Waals surface area contributed by atoms with Crippen LogP contribution in [0.3, 0.4) is 0 Å². The highest BCUT2D eigenvalue weighted by molar-refractivity contribution is 7.95. The molecule has 2 aliphatic heterocycles. The molecule has 1 atom stereocenters. The second-order valence-electron chi connectivity index (χ2n) is 4.77. The van der Waals surface area contributed by atoms with Crippen molar-refractivity contribution >= 4 is 19.9 Å². The van der Waals surface area contributed by atoms with Crippen molar-refractivity contribution in [2.45, 2.75) is 11.7 Å². The van der Waals surface area contributed by atoms with E-state index < -0.39 is 25.1 Å². The zero-order chi connectivity index (χ0) is 12.7. The average molecular weight is 282 g/mol. The molecule has 2 heterocycles. The monoisotopic (exact) mass is 282 g/mol. The van der Waals surface area contributed by atoms with Crippen molar-refractivity contribution in [1.29, 1.82) is 0 Å². The third-order valence-electron chi connectivity index (χ3n) is 3.43. The van der Waals surface area contributed by atoms with Gasteiger partial charge in [-0.3, -0.25) is 0 Å². The van der Waals surface area contributed by atoms with Crippen LogP contribution < -0.4 is 0 Å². The van der Waals surface area contributed by atoms with Crippen LogP contribution >= 0.6 is 0 Å². The van der Waals surface area contributed by atoms with E-state index in [0.717, 1.165) is 0 Å². The zero-order valence-electron chi connectivity index (χ0n) is 9.87. The fraction of sp³-hybridized carbons (Fsp3) is 1.00. The molecule has 0 amide bonds. The van der Waals surface area contributed by atoms with E-state index in [9.17, 15) is 16.8 Å². The summed E-state index contributed by atoms with van der Waals surface area (Å²) in [6, 6.07) is 0. The van der Waals surface area contributed by atoms with Gasteiger partial charge in [0.1, 0.15) is 0 Å². The van der Waals surface area contributed by atoms with Crippen molar-refractivity contribution in [3.05, 3.63) is 0 Å². The van der Waals surface area contributed by atoms with E-state index in [0.29, 0.717) is 26.2 Å². The zero-order valence-corrected chi connectivity index (χ0v) is 11.5. The quantitative estimate of drug-likeness (QED) is 0.633. The van der Waals surface area contributed by atoms with Gasteiger partial charge in [-0.15, -0.1) is 0 Å². The van der Waals surface area contributed by atoms with E-state index in [2.05, 4.69) is 4.90 Å². The highest BCUT2D eigenvalue weighted by Gasteiger charge is 2.40.